The van der Waals surface area contributed by atoms with E-state index in [4.69, 9.17) is 53.1 Å². The number of hydrogen-bond acceptors (Lipinski definition) is 14. The topological polar surface area (TPSA) is 182 Å². The number of carbonyl (C=O) groups is 3. The summed E-state index contributed by atoms with van der Waals surface area (Å²) in [6.45, 7) is 12.0. The Morgan fingerprint density at radius 3 is 1.79 bits per heavy atom. The van der Waals surface area contributed by atoms with Crippen LogP contribution in [0, 0.1) is 11.8 Å². The number of carbonyl (C=O) groups excluding carboxylic acids is 3. The van der Waals surface area contributed by atoms with Crippen LogP contribution in [0.5, 0.6) is 0 Å². The molecule has 5 atom stereocenters. The van der Waals surface area contributed by atoms with Gasteiger partial charge in [0, 0.05) is 32.9 Å². The molecule has 43 heavy (non-hydrogen) atoms. The molecule has 1 amide bonds. The Morgan fingerprint density at radius 2 is 1.23 bits per heavy atom. The van der Waals surface area contributed by atoms with Crippen LogP contribution in [-0.4, -0.2) is 142 Å². The summed E-state index contributed by atoms with van der Waals surface area (Å²) in [5.41, 5.74) is 5.31. The fourth-order valence-electron chi connectivity index (χ4n) is 3.91. The van der Waals surface area contributed by atoms with Crippen molar-refractivity contribution in [3.8, 4) is 0 Å². The number of hydrogen-bond donors (Lipinski definition) is 2. The SMILES string of the molecule is CC(=O)OCC1O[C@H](OCCOCCOCCOCCNC(=O)COCCOCCOCCN)[C@H](OC(C)=O)C(C)[C@@H]1C. The lowest BCUT2D eigenvalue weighted by molar-refractivity contribution is -0.282. The fourth-order valence-corrected chi connectivity index (χ4v) is 3.91. The van der Waals surface area contributed by atoms with Gasteiger partial charge in [0.15, 0.2) is 12.4 Å². The van der Waals surface area contributed by atoms with Gasteiger partial charge in [-0.2, -0.15) is 0 Å². The lowest BCUT2D eigenvalue weighted by Gasteiger charge is -2.43. The average molecular weight is 625 g/mol. The molecule has 1 fully saturated rings. The molecule has 1 heterocycles. The zero-order valence-electron chi connectivity index (χ0n) is 26.1. The van der Waals surface area contributed by atoms with E-state index in [1.165, 1.54) is 13.8 Å². The van der Waals surface area contributed by atoms with Gasteiger partial charge in [0.2, 0.25) is 5.91 Å². The first kappa shape index (κ1) is 39.1. The van der Waals surface area contributed by atoms with E-state index in [2.05, 4.69) is 5.32 Å². The number of nitrogens with two attached hydrogens (primary N) is 1. The molecule has 1 rings (SSSR count). The van der Waals surface area contributed by atoms with Crippen LogP contribution < -0.4 is 11.1 Å². The molecule has 1 saturated heterocycles. The van der Waals surface area contributed by atoms with E-state index in [1.807, 2.05) is 13.8 Å². The van der Waals surface area contributed by atoms with Crippen LogP contribution in [0.15, 0.2) is 0 Å². The minimum absolute atomic E-state index is 0.0196. The molecule has 0 radical (unpaired) electrons. The largest absolute Gasteiger partial charge is 0.463 e. The first-order valence-corrected chi connectivity index (χ1v) is 14.8. The molecule has 15 nitrogen and oxygen atoms in total. The molecule has 0 aromatic heterocycles. The normalized spacial score (nSPS) is 21.8. The van der Waals surface area contributed by atoms with Crippen molar-refractivity contribution in [2.75, 3.05) is 106 Å². The Bertz CT molecular complexity index is 743. The summed E-state index contributed by atoms with van der Waals surface area (Å²) in [5, 5.41) is 2.70. The van der Waals surface area contributed by atoms with Gasteiger partial charge >= 0.3 is 11.9 Å². The van der Waals surface area contributed by atoms with Crippen molar-refractivity contribution in [1.29, 1.82) is 0 Å². The lowest BCUT2D eigenvalue weighted by Crippen LogP contribution is -2.53. The highest BCUT2D eigenvalue weighted by Crippen LogP contribution is 2.33. The molecule has 0 aromatic rings. The van der Waals surface area contributed by atoms with Gasteiger partial charge in [-0.3, -0.25) is 14.4 Å². The molecule has 0 aliphatic carbocycles. The number of ether oxygens (including phenoxy) is 10. The van der Waals surface area contributed by atoms with Crippen molar-refractivity contribution in [1.82, 2.24) is 5.32 Å². The van der Waals surface area contributed by atoms with Gasteiger partial charge in [-0.05, 0) is 5.92 Å². The van der Waals surface area contributed by atoms with Crippen LogP contribution in [0.3, 0.4) is 0 Å². The quantitative estimate of drug-likeness (QED) is 0.0943. The van der Waals surface area contributed by atoms with Crippen LogP contribution in [0.25, 0.3) is 0 Å². The Morgan fingerprint density at radius 1 is 0.698 bits per heavy atom. The van der Waals surface area contributed by atoms with E-state index in [9.17, 15) is 14.4 Å². The van der Waals surface area contributed by atoms with E-state index in [0.717, 1.165) is 0 Å². The average Bonchev–Trinajstić information content (AvgIpc) is 2.97. The Balaban J connectivity index is 2.02. The molecule has 0 saturated carbocycles. The van der Waals surface area contributed by atoms with Gasteiger partial charge in [-0.25, -0.2) is 0 Å². The van der Waals surface area contributed by atoms with Crippen molar-refractivity contribution in [2.24, 2.45) is 17.6 Å². The molecule has 0 spiro atoms. The Labute approximate surface area is 254 Å². The molecule has 3 N–H and O–H groups in total. The van der Waals surface area contributed by atoms with Crippen molar-refractivity contribution < 1.29 is 61.8 Å². The van der Waals surface area contributed by atoms with Crippen LogP contribution in [0.1, 0.15) is 27.7 Å². The summed E-state index contributed by atoms with van der Waals surface area (Å²) in [6, 6.07) is 0. The standard InChI is InChI=1S/C28H52N2O13/c1-21-22(2)27(42-24(4)32)28(43-25(21)19-41-23(3)31)40-18-17-38-14-13-36-12-10-35-8-6-30-26(33)20-39-16-15-37-11-9-34-7-5-29/h21-22,25,27-28H,5-20,29H2,1-4H3,(H,30,33)/t21-,22?,25?,27+,28-/m0/s1. The highest BCUT2D eigenvalue weighted by molar-refractivity contribution is 5.77. The summed E-state index contributed by atoms with van der Waals surface area (Å²) in [6.07, 6.45) is -1.78. The van der Waals surface area contributed by atoms with Crippen LogP contribution >= 0.6 is 0 Å². The molecule has 1 aliphatic rings. The van der Waals surface area contributed by atoms with Crippen molar-refractivity contribution in [3.05, 3.63) is 0 Å². The summed E-state index contributed by atoms with van der Waals surface area (Å²) in [4.78, 5) is 34.6. The molecule has 15 heteroatoms. The molecular formula is C28H52N2O13. The first-order valence-electron chi connectivity index (χ1n) is 14.8. The third-order valence-electron chi connectivity index (χ3n) is 6.33. The molecule has 0 aromatic carbocycles. The second kappa shape index (κ2) is 25.4. The summed E-state index contributed by atoms with van der Waals surface area (Å²) in [5.74, 6) is -1.13. The van der Waals surface area contributed by atoms with Gasteiger partial charge in [-0.1, -0.05) is 13.8 Å². The van der Waals surface area contributed by atoms with E-state index in [1.54, 1.807) is 0 Å². The van der Waals surface area contributed by atoms with Crippen LogP contribution in [-0.2, 0) is 61.8 Å². The van der Waals surface area contributed by atoms with Gasteiger partial charge in [0.05, 0.1) is 85.4 Å². The van der Waals surface area contributed by atoms with E-state index < -0.39 is 24.3 Å². The van der Waals surface area contributed by atoms with Crippen molar-refractivity contribution in [2.45, 2.75) is 46.2 Å². The van der Waals surface area contributed by atoms with Crippen molar-refractivity contribution in [3.63, 3.8) is 0 Å². The lowest BCUT2D eigenvalue weighted by atomic mass is 9.83. The van der Waals surface area contributed by atoms with Gasteiger partial charge in [-0.15, -0.1) is 0 Å². The monoisotopic (exact) mass is 624 g/mol. The third kappa shape index (κ3) is 19.8. The maximum Gasteiger partial charge on any atom is 0.303 e. The van der Waals surface area contributed by atoms with Crippen molar-refractivity contribution >= 4 is 17.8 Å². The fraction of sp³-hybridized carbons (Fsp3) is 0.893. The highest BCUT2D eigenvalue weighted by atomic mass is 16.7. The molecular weight excluding hydrogens is 572 g/mol. The zero-order valence-corrected chi connectivity index (χ0v) is 26.1. The second-order valence-electron chi connectivity index (χ2n) is 9.76. The molecule has 252 valence electrons. The van der Waals surface area contributed by atoms with E-state index in [0.29, 0.717) is 79.2 Å². The van der Waals surface area contributed by atoms with Crippen LogP contribution in [0.4, 0.5) is 0 Å². The minimum Gasteiger partial charge on any atom is -0.463 e. The summed E-state index contributed by atoms with van der Waals surface area (Å²) in [7, 11) is 0. The smallest absolute Gasteiger partial charge is 0.303 e. The maximum atomic E-state index is 11.7. The summed E-state index contributed by atoms with van der Waals surface area (Å²) >= 11 is 0. The Hall–Kier alpha value is -1.95. The van der Waals surface area contributed by atoms with Gasteiger partial charge < -0.3 is 58.4 Å². The number of esters is 2. The zero-order chi connectivity index (χ0) is 31.7. The maximum absolute atomic E-state index is 11.7. The highest BCUT2D eigenvalue weighted by Gasteiger charge is 2.44. The number of amides is 1. The van der Waals surface area contributed by atoms with E-state index >= 15 is 0 Å². The van der Waals surface area contributed by atoms with Gasteiger partial charge in [0.1, 0.15) is 13.2 Å². The Kier molecular flexibility index (Phi) is 23.1. The first-order chi connectivity index (χ1) is 20.8. The second-order valence-corrected chi connectivity index (χ2v) is 9.76. The predicted octanol–water partition coefficient (Wildman–Crippen LogP) is -0.331. The van der Waals surface area contributed by atoms with E-state index in [-0.39, 0.29) is 50.3 Å². The van der Waals surface area contributed by atoms with Crippen LogP contribution in [0.2, 0.25) is 0 Å². The molecule has 0 bridgehead atoms. The number of nitrogens with one attached hydrogen (secondary N) is 1. The molecule has 2 unspecified atom stereocenters. The third-order valence-corrected chi connectivity index (χ3v) is 6.33. The van der Waals surface area contributed by atoms with Gasteiger partial charge in [0.25, 0.3) is 0 Å². The predicted molar refractivity (Wildman–Crippen MR) is 152 cm³/mol. The minimum atomic E-state index is -0.804. The summed E-state index contributed by atoms with van der Waals surface area (Å²) < 4.78 is 54.5. The molecule has 1 aliphatic heterocycles. The number of rotatable bonds is 26.